The van der Waals surface area contributed by atoms with Gasteiger partial charge in [0.2, 0.25) is 17.7 Å². The molecule has 8 heteroatoms. The first-order chi connectivity index (χ1) is 11.6. The molecule has 2 rings (SSSR count). The Morgan fingerprint density at radius 3 is 2.58 bits per heavy atom. The van der Waals surface area contributed by atoms with E-state index in [9.17, 15) is 9.59 Å². The maximum Gasteiger partial charge on any atom is 0.251 e. The van der Waals surface area contributed by atoms with Crippen molar-refractivity contribution >= 4 is 11.8 Å². The molecular weight excluding hydrogens is 310 g/mol. The van der Waals surface area contributed by atoms with Crippen molar-refractivity contribution in [3.8, 4) is 0 Å². The van der Waals surface area contributed by atoms with E-state index >= 15 is 0 Å². The minimum absolute atomic E-state index is 0.130. The van der Waals surface area contributed by atoms with Gasteiger partial charge in [0.1, 0.15) is 12.5 Å². The first-order valence-corrected chi connectivity index (χ1v) is 7.76. The van der Waals surface area contributed by atoms with Gasteiger partial charge in [-0.05, 0) is 37.9 Å². The zero-order valence-corrected chi connectivity index (χ0v) is 13.3. The van der Waals surface area contributed by atoms with Crippen molar-refractivity contribution < 1.29 is 14.0 Å². The summed E-state index contributed by atoms with van der Waals surface area (Å²) in [6.07, 6.45) is 2.09. The van der Waals surface area contributed by atoms with Crippen LogP contribution < -0.4 is 16.8 Å². The van der Waals surface area contributed by atoms with E-state index in [1.54, 1.807) is 24.3 Å². The number of carbonyl (C=O) groups excluding carboxylic acids is 2. The highest BCUT2D eigenvalue weighted by atomic mass is 16.4. The zero-order chi connectivity index (χ0) is 17.4. The Hall–Kier alpha value is -2.74. The number of hydrogen-bond acceptors (Lipinski definition) is 6. The summed E-state index contributed by atoms with van der Waals surface area (Å²) in [7, 11) is 0. The summed E-state index contributed by atoms with van der Waals surface area (Å²) in [4.78, 5) is 23.3. The Morgan fingerprint density at radius 2 is 1.92 bits per heavy atom. The number of carbonyl (C=O) groups is 2. The third-order valence-electron chi connectivity index (χ3n) is 3.39. The summed E-state index contributed by atoms with van der Waals surface area (Å²) in [6.45, 7) is 0.566. The minimum Gasteiger partial charge on any atom is -0.422 e. The van der Waals surface area contributed by atoms with Crippen LogP contribution in [0.25, 0.3) is 0 Å². The first kappa shape index (κ1) is 17.6. The molecule has 0 aliphatic carbocycles. The van der Waals surface area contributed by atoms with Crippen molar-refractivity contribution in [1.82, 2.24) is 15.5 Å². The molecule has 0 radical (unpaired) electrons. The summed E-state index contributed by atoms with van der Waals surface area (Å²) in [6, 6.07) is 8.41. The van der Waals surface area contributed by atoms with Crippen LogP contribution in [0.15, 0.2) is 34.7 Å². The fourth-order valence-electron chi connectivity index (χ4n) is 2.21. The van der Waals surface area contributed by atoms with Crippen molar-refractivity contribution in [2.75, 3.05) is 6.54 Å². The molecule has 2 amide bonds. The van der Waals surface area contributed by atoms with Crippen LogP contribution in [0.3, 0.4) is 0 Å². The lowest BCUT2D eigenvalue weighted by atomic mass is 10.1. The van der Waals surface area contributed by atoms with E-state index in [4.69, 9.17) is 15.9 Å². The van der Waals surface area contributed by atoms with Gasteiger partial charge in [0.15, 0.2) is 0 Å². The van der Waals surface area contributed by atoms with E-state index in [0.29, 0.717) is 18.5 Å². The number of nitrogens with one attached hydrogen (secondary N) is 1. The third-order valence-corrected chi connectivity index (χ3v) is 3.39. The summed E-state index contributed by atoms with van der Waals surface area (Å²) in [5.74, 6) is -0.399. The molecule has 5 N–H and O–H groups in total. The quantitative estimate of drug-likeness (QED) is 0.578. The highest BCUT2D eigenvalue weighted by Crippen LogP contribution is 2.19. The molecule has 1 aromatic heterocycles. The number of aromatic nitrogens is 2. The number of hydrogen-bond donors (Lipinski definition) is 3. The van der Waals surface area contributed by atoms with E-state index in [1.165, 1.54) is 0 Å². The first-order valence-electron chi connectivity index (χ1n) is 7.76. The third kappa shape index (κ3) is 5.17. The molecular formula is C16H21N5O3. The van der Waals surface area contributed by atoms with Gasteiger partial charge in [-0.2, -0.15) is 0 Å². The van der Waals surface area contributed by atoms with E-state index in [0.717, 1.165) is 12.8 Å². The van der Waals surface area contributed by atoms with Gasteiger partial charge >= 0.3 is 0 Å². The summed E-state index contributed by atoms with van der Waals surface area (Å²) in [5, 5.41) is 10.6. The lowest BCUT2D eigenvalue weighted by Gasteiger charge is -2.15. The summed E-state index contributed by atoms with van der Waals surface area (Å²) < 4.78 is 5.46. The maximum absolute atomic E-state index is 12.3. The number of unbranched alkanes of at least 4 members (excludes halogenated alkanes) is 1. The van der Waals surface area contributed by atoms with Gasteiger partial charge in [-0.25, -0.2) is 0 Å². The second kappa shape index (κ2) is 8.78. The average molecular weight is 331 g/mol. The molecule has 0 saturated carbocycles. The Morgan fingerprint density at radius 1 is 1.17 bits per heavy atom. The van der Waals surface area contributed by atoms with Crippen LogP contribution >= 0.6 is 0 Å². The molecule has 1 aromatic carbocycles. The lowest BCUT2D eigenvalue weighted by molar-refractivity contribution is -0.117. The molecule has 1 unspecified atom stereocenters. The zero-order valence-electron chi connectivity index (χ0n) is 13.3. The van der Waals surface area contributed by atoms with E-state index in [-0.39, 0.29) is 24.1 Å². The molecule has 24 heavy (non-hydrogen) atoms. The fraction of sp³-hybridized carbons (Fsp3) is 0.375. The Balaban J connectivity index is 2.10. The van der Waals surface area contributed by atoms with Crippen LogP contribution in [0, 0.1) is 0 Å². The molecule has 1 atom stereocenters. The van der Waals surface area contributed by atoms with Crippen molar-refractivity contribution in [3.05, 3.63) is 47.7 Å². The molecule has 2 aromatic rings. The van der Waals surface area contributed by atoms with Crippen LogP contribution in [-0.2, 0) is 11.2 Å². The summed E-state index contributed by atoms with van der Waals surface area (Å²) in [5.41, 5.74) is 11.2. The standard InChI is InChI=1S/C16H21N5O3/c17-9-5-4-8-12(16-21-20-14(24-16)10-13(18)22)19-15(23)11-6-2-1-3-7-11/h1-3,6-7,12H,4-5,8-10,17H2,(H2,18,22)(H,19,23). The molecule has 0 spiro atoms. The van der Waals surface area contributed by atoms with Gasteiger partial charge in [0.05, 0.1) is 0 Å². The Labute approximate surface area is 139 Å². The van der Waals surface area contributed by atoms with Crippen LogP contribution in [0.5, 0.6) is 0 Å². The second-order valence-electron chi connectivity index (χ2n) is 5.35. The average Bonchev–Trinajstić information content (AvgIpc) is 3.02. The van der Waals surface area contributed by atoms with Crippen LogP contribution in [-0.4, -0.2) is 28.6 Å². The maximum atomic E-state index is 12.3. The van der Waals surface area contributed by atoms with Gasteiger partial charge in [-0.15, -0.1) is 10.2 Å². The molecule has 128 valence electrons. The minimum atomic E-state index is -0.557. The molecule has 0 saturated heterocycles. The number of primary amides is 1. The number of nitrogens with two attached hydrogens (primary N) is 2. The SMILES string of the molecule is NCCCCC(NC(=O)c1ccccc1)c1nnc(CC(N)=O)o1. The second-order valence-corrected chi connectivity index (χ2v) is 5.35. The van der Waals surface area contributed by atoms with E-state index < -0.39 is 11.9 Å². The molecule has 0 fully saturated rings. The van der Waals surface area contributed by atoms with Gasteiger partial charge in [-0.1, -0.05) is 18.2 Å². The molecule has 0 bridgehead atoms. The molecule has 0 aliphatic heterocycles. The molecule has 8 nitrogen and oxygen atoms in total. The van der Waals surface area contributed by atoms with Crippen LogP contribution in [0.2, 0.25) is 0 Å². The van der Waals surface area contributed by atoms with Crippen molar-refractivity contribution in [2.24, 2.45) is 11.5 Å². The monoisotopic (exact) mass is 331 g/mol. The number of rotatable bonds is 9. The van der Waals surface area contributed by atoms with E-state index in [1.807, 2.05) is 6.07 Å². The lowest BCUT2D eigenvalue weighted by Crippen LogP contribution is -2.29. The van der Waals surface area contributed by atoms with Crippen molar-refractivity contribution in [2.45, 2.75) is 31.7 Å². The largest absolute Gasteiger partial charge is 0.422 e. The Bertz CT molecular complexity index is 671. The summed E-state index contributed by atoms with van der Waals surface area (Å²) >= 11 is 0. The fourth-order valence-corrected chi connectivity index (χ4v) is 2.21. The van der Waals surface area contributed by atoms with Crippen LogP contribution in [0.4, 0.5) is 0 Å². The van der Waals surface area contributed by atoms with Gasteiger partial charge in [0.25, 0.3) is 5.91 Å². The van der Waals surface area contributed by atoms with Gasteiger partial charge < -0.3 is 21.2 Å². The van der Waals surface area contributed by atoms with Gasteiger partial charge in [-0.3, -0.25) is 9.59 Å². The number of benzene rings is 1. The van der Waals surface area contributed by atoms with Crippen LogP contribution in [0.1, 0.15) is 47.4 Å². The van der Waals surface area contributed by atoms with Gasteiger partial charge in [0, 0.05) is 5.56 Å². The molecule has 1 heterocycles. The normalized spacial score (nSPS) is 11.9. The Kier molecular flexibility index (Phi) is 6.44. The number of amides is 2. The van der Waals surface area contributed by atoms with Crippen molar-refractivity contribution in [1.29, 1.82) is 0 Å². The van der Waals surface area contributed by atoms with Crippen molar-refractivity contribution in [3.63, 3.8) is 0 Å². The topological polar surface area (TPSA) is 137 Å². The highest BCUT2D eigenvalue weighted by Gasteiger charge is 2.21. The smallest absolute Gasteiger partial charge is 0.251 e. The number of nitrogens with zero attached hydrogens (tertiary/aromatic N) is 2. The van der Waals surface area contributed by atoms with E-state index in [2.05, 4.69) is 15.5 Å². The highest BCUT2D eigenvalue weighted by molar-refractivity contribution is 5.94. The molecule has 0 aliphatic rings. The predicted molar refractivity (Wildman–Crippen MR) is 86.8 cm³/mol. The predicted octanol–water partition coefficient (Wildman–Crippen LogP) is 0.697.